The monoisotopic (exact) mass is 291 g/mol. The van der Waals surface area contributed by atoms with E-state index in [1.807, 2.05) is 28.8 Å². The third-order valence-electron chi connectivity index (χ3n) is 4.32. The minimum Gasteiger partial charge on any atom is -0.383 e. The van der Waals surface area contributed by atoms with E-state index in [0.717, 1.165) is 5.56 Å². The summed E-state index contributed by atoms with van der Waals surface area (Å²) in [5, 5.41) is 19.6. The maximum Gasteiger partial charge on any atom is 0.119 e. The Kier molecular flexibility index (Phi) is 3.52. The van der Waals surface area contributed by atoms with E-state index >= 15 is 0 Å². The molecule has 2 unspecified atom stereocenters. The van der Waals surface area contributed by atoms with Gasteiger partial charge in [-0.15, -0.1) is 10.2 Å². The Morgan fingerprint density at radius 2 is 1.90 bits per heavy atom. The second-order valence-electron chi connectivity index (χ2n) is 5.69. The lowest BCUT2D eigenvalue weighted by Crippen LogP contribution is -2.39. The molecule has 106 valence electrons. The molecule has 1 saturated carbocycles. The largest absolute Gasteiger partial charge is 0.383 e. The van der Waals surface area contributed by atoms with Crippen LogP contribution in [-0.2, 0) is 12.1 Å². The van der Waals surface area contributed by atoms with Crippen LogP contribution in [0, 0.1) is 11.8 Å². The van der Waals surface area contributed by atoms with E-state index in [-0.39, 0.29) is 5.92 Å². The van der Waals surface area contributed by atoms with Crippen LogP contribution in [0.25, 0.3) is 0 Å². The average molecular weight is 292 g/mol. The molecule has 1 N–H and O–H groups in total. The van der Waals surface area contributed by atoms with E-state index < -0.39 is 5.60 Å². The number of nitrogens with zero attached hydrogens (tertiary/aromatic N) is 3. The summed E-state index contributed by atoms with van der Waals surface area (Å²) in [6.07, 6.45) is 5.67. The lowest BCUT2D eigenvalue weighted by Gasteiger charge is -2.35. The first-order valence-corrected chi connectivity index (χ1v) is 7.28. The van der Waals surface area contributed by atoms with Gasteiger partial charge in [-0.05, 0) is 42.4 Å². The van der Waals surface area contributed by atoms with E-state index in [4.69, 9.17) is 11.6 Å². The molecular weight excluding hydrogens is 274 g/mol. The third-order valence-corrected chi connectivity index (χ3v) is 4.57. The van der Waals surface area contributed by atoms with Gasteiger partial charge in [0.2, 0.25) is 0 Å². The van der Waals surface area contributed by atoms with Crippen molar-refractivity contribution in [3.8, 4) is 0 Å². The van der Waals surface area contributed by atoms with Crippen LogP contribution in [-0.4, -0.2) is 19.9 Å². The van der Waals surface area contributed by atoms with Gasteiger partial charge in [0.25, 0.3) is 0 Å². The topological polar surface area (TPSA) is 50.9 Å². The Morgan fingerprint density at radius 1 is 1.30 bits per heavy atom. The summed E-state index contributed by atoms with van der Waals surface area (Å²) in [4.78, 5) is 0. The maximum atomic E-state index is 11.3. The van der Waals surface area contributed by atoms with Gasteiger partial charge in [-0.1, -0.05) is 30.7 Å². The van der Waals surface area contributed by atoms with Crippen molar-refractivity contribution in [1.82, 2.24) is 14.8 Å². The van der Waals surface area contributed by atoms with Crippen LogP contribution in [0.5, 0.6) is 0 Å². The quantitative estimate of drug-likeness (QED) is 0.921. The second-order valence-corrected chi connectivity index (χ2v) is 6.13. The lowest BCUT2D eigenvalue weighted by molar-refractivity contribution is -0.0416. The highest BCUT2D eigenvalue weighted by Gasteiger charge is 2.44. The van der Waals surface area contributed by atoms with E-state index in [2.05, 4.69) is 17.1 Å². The number of aliphatic hydroxyl groups is 1. The highest BCUT2D eigenvalue weighted by Crippen LogP contribution is 2.46. The van der Waals surface area contributed by atoms with Crippen LogP contribution in [0.4, 0.5) is 0 Å². The number of halogens is 1. The zero-order chi connectivity index (χ0) is 14.2. The molecular formula is C15H18ClN3O. The Labute approximate surface area is 123 Å². The fraction of sp³-hybridized carbons (Fsp3) is 0.467. The molecule has 1 aromatic carbocycles. The van der Waals surface area contributed by atoms with Gasteiger partial charge < -0.3 is 9.67 Å². The molecule has 0 amide bonds. The molecule has 0 spiro atoms. The van der Waals surface area contributed by atoms with Crippen molar-refractivity contribution >= 4 is 11.6 Å². The highest BCUT2D eigenvalue weighted by molar-refractivity contribution is 6.30. The summed E-state index contributed by atoms with van der Waals surface area (Å²) in [7, 11) is 0. The van der Waals surface area contributed by atoms with Crippen LogP contribution < -0.4 is 0 Å². The molecule has 5 heteroatoms. The molecule has 0 aliphatic heterocycles. The molecule has 0 saturated heterocycles. The van der Waals surface area contributed by atoms with Gasteiger partial charge in [0.05, 0.1) is 6.54 Å². The number of hydrogen-bond donors (Lipinski definition) is 1. The van der Waals surface area contributed by atoms with E-state index in [1.54, 1.807) is 12.7 Å². The van der Waals surface area contributed by atoms with E-state index in [9.17, 15) is 5.11 Å². The predicted molar refractivity (Wildman–Crippen MR) is 77.3 cm³/mol. The first-order chi connectivity index (χ1) is 9.59. The van der Waals surface area contributed by atoms with Gasteiger partial charge in [-0.3, -0.25) is 0 Å². The van der Waals surface area contributed by atoms with Gasteiger partial charge >= 0.3 is 0 Å². The number of benzene rings is 1. The van der Waals surface area contributed by atoms with Gasteiger partial charge in [0, 0.05) is 5.02 Å². The van der Waals surface area contributed by atoms with Crippen LogP contribution in [0.2, 0.25) is 5.02 Å². The molecule has 1 fully saturated rings. The van der Waals surface area contributed by atoms with Crippen LogP contribution in [0.3, 0.4) is 0 Å². The molecule has 1 aromatic heterocycles. The van der Waals surface area contributed by atoms with Crippen LogP contribution >= 0.6 is 11.6 Å². The van der Waals surface area contributed by atoms with Gasteiger partial charge in [0.15, 0.2) is 0 Å². The van der Waals surface area contributed by atoms with Crippen molar-refractivity contribution in [2.75, 3.05) is 0 Å². The molecule has 1 aliphatic rings. The summed E-state index contributed by atoms with van der Waals surface area (Å²) in [5.41, 5.74) is -0.0243. The van der Waals surface area contributed by atoms with Crippen molar-refractivity contribution in [2.45, 2.75) is 31.9 Å². The molecule has 0 radical (unpaired) electrons. The molecule has 20 heavy (non-hydrogen) atoms. The number of hydrogen-bond acceptors (Lipinski definition) is 3. The van der Waals surface area contributed by atoms with E-state index in [1.165, 1.54) is 12.8 Å². The van der Waals surface area contributed by atoms with Crippen molar-refractivity contribution in [2.24, 2.45) is 11.8 Å². The Morgan fingerprint density at radius 3 is 2.45 bits per heavy atom. The smallest absolute Gasteiger partial charge is 0.119 e. The molecule has 1 heterocycles. The molecule has 4 nitrogen and oxygen atoms in total. The summed E-state index contributed by atoms with van der Waals surface area (Å²) in [6, 6.07) is 7.47. The molecule has 0 bridgehead atoms. The SMILES string of the molecule is CC(C1CC1)C(O)(Cn1cnnc1)c1ccc(Cl)cc1. The molecule has 2 aromatic rings. The van der Waals surface area contributed by atoms with Crippen molar-refractivity contribution in [3.05, 3.63) is 47.5 Å². The normalized spacial score (nSPS) is 19.6. The first-order valence-electron chi connectivity index (χ1n) is 6.90. The zero-order valence-corrected chi connectivity index (χ0v) is 12.2. The maximum absolute atomic E-state index is 11.3. The second kappa shape index (κ2) is 5.19. The highest BCUT2D eigenvalue weighted by atomic mass is 35.5. The molecule has 2 atom stereocenters. The first kappa shape index (κ1) is 13.6. The summed E-state index contributed by atoms with van der Waals surface area (Å²) in [6.45, 7) is 2.58. The minimum absolute atomic E-state index is 0.186. The minimum atomic E-state index is -0.922. The fourth-order valence-electron chi connectivity index (χ4n) is 2.80. The standard InChI is InChI=1S/C15H18ClN3O/c1-11(12-2-3-12)15(20,8-19-9-17-18-10-19)13-4-6-14(16)7-5-13/h4-7,9-12,20H,2-3,8H2,1H3. The molecule has 1 aliphatic carbocycles. The van der Waals surface area contributed by atoms with Crippen molar-refractivity contribution in [1.29, 1.82) is 0 Å². The number of rotatable bonds is 5. The summed E-state index contributed by atoms with van der Waals surface area (Å²) in [5.74, 6) is 0.776. The number of aromatic nitrogens is 3. The fourth-order valence-corrected chi connectivity index (χ4v) is 2.93. The van der Waals surface area contributed by atoms with Gasteiger partial charge in [-0.2, -0.15) is 0 Å². The van der Waals surface area contributed by atoms with Crippen molar-refractivity contribution in [3.63, 3.8) is 0 Å². The Bertz CT molecular complexity index is 565. The zero-order valence-electron chi connectivity index (χ0n) is 11.4. The summed E-state index contributed by atoms with van der Waals surface area (Å²) < 4.78 is 1.83. The van der Waals surface area contributed by atoms with Crippen molar-refractivity contribution < 1.29 is 5.11 Å². The van der Waals surface area contributed by atoms with Gasteiger partial charge in [-0.25, -0.2) is 0 Å². The van der Waals surface area contributed by atoms with Crippen LogP contribution in [0.15, 0.2) is 36.9 Å². The van der Waals surface area contributed by atoms with Gasteiger partial charge in [0.1, 0.15) is 18.3 Å². The Balaban J connectivity index is 1.95. The average Bonchev–Trinajstić information content (AvgIpc) is 3.17. The summed E-state index contributed by atoms with van der Waals surface area (Å²) >= 11 is 5.95. The van der Waals surface area contributed by atoms with Crippen LogP contribution in [0.1, 0.15) is 25.3 Å². The predicted octanol–water partition coefficient (Wildman–Crippen LogP) is 2.87. The third kappa shape index (κ3) is 2.58. The Hall–Kier alpha value is -1.39. The lowest BCUT2D eigenvalue weighted by atomic mass is 9.79. The molecule has 3 rings (SSSR count). The van der Waals surface area contributed by atoms with E-state index in [0.29, 0.717) is 17.5 Å².